The molecule has 1 aliphatic rings. The summed E-state index contributed by atoms with van der Waals surface area (Å²) in [6, 6.07) is 6.96. The summed E-state index contributed by atoms with van der Waals surface area (Å²) in [5.74, 6) is 1.95. The third-order valence-corrected chi connectivity index (χ3v) is 5.24. The molecule has 1 saturated heterocycles. The van der Waals surface area contributed by atoms with E-state index in [2.05, 4.69) is 5.32 Å². The molecule has 4 nitrogen and oxygen atoms in total. The highest BCUT2D eigenvalue weighted by atomic mass is 35.5. The molecule has 3 rings (SSSR count). The first-order valence-electron chi connectivity index (χ1n) is 7.28. The normalized spacial score (nSPS) is 19.0. The van der Waals surface area contributed by atoms with Crippen LogP contribution in [0, 0.1) is 0 Å². The molecule has 1 atom stereocenters. The number of benzene rings is 1. The quantitative estimate of drug-likeness (QED) is 0.898. The van der Waals surface area contributed by atoms with Crippen molar-refractivity contribution in [2.24, 2.45) is 0 Å². The zero-order chi connectivity index (χ0) is 15.7. The Morgan fingerprint density at radius 3 is 2.86 bits per heavy atom. The fraction of sp³-hybridized carbons (Fsp3) is 0.438. The Labute approximate surface area is 138 Å². The Balaban J connectivity index is 1.75. The number of amides is 1. The minimum atomic E-state index is -1.26. The van der Waals surface area contributed by atoms with E-state index in [4.69, 9.17) is 16.0 Å². The minimum absolute atomic E-state index is 0.308. The van der Waals surface area contributed by atoms with Crippen molar-refractivity contribution < 1.29 is 14.3 Å². The number of halogens is 1. The SMILES string of the molecule is CC(NC(=O)C1(O)CCSCC1)c1cc2cc(Cl)ccc2o1. The largest absolute Gasteiger partial charge is 0.459 e. The van der Waals surface area contributed by atoms with E-state index in [0.717, 1.165) is 22.5 Å². The second kappa shape index (κ2) is 6.14. The van der Waals surface area contributed by atoms with E-state index in [-0.39, 0.29) is 11.9 Å². The molecule has 1 amide bonds. The lowest BCUT2D eigenvalue weighted by Gasteiger charge is -2.31. The Morgan fingerprint density at radius 2 is 2.14 bits per heavy atom. The summed E-state index contributed by atoms with van der Waals surface area (Å²) in [4.78, 5) is 12.3. The molecule has 0 aliphatic carbocycles. The van der Waals surface area contributed by atoms with Crippen molar-refractivity contribution in [2.75, 3.05) is 11.5 Å². The average Bonchev–Trinajstić information content (AvgIpc) is 2.91. The van der Waals surface area contributed by atoms with E-state index in [0.29, 0.717) is 23.6 Å². The molecular weight excluding hydrogens is 322 g/mol. The van der Waals surface area contributed by atoms with Crippen LogP contribution in [0.5, 0.6) is 0 Å². The van der Waals surface area contributed by atoms with Crippen LogP contribution in [0.1, 0.15) is 31.6 Å². The van der Waals surface area contributed by atoms with Crippen LogP contribution in [0.25, 0.3) is 11.0 Å². The van der Waals surface area contributed by atoms with Crippen molar-refractivity contribution in [2.45, 2.75) is 31.4 Å². The summed E-state index contributed by atoms with van der Waals surface area (Å²) < 4.78 is 5.75. The Morgan fingerprint density at radius 1 is 1.41 bits per heavy atom. The second-order valence-corrected chi connectivity index (χ2v) is 7.33. The summed E-state index contributed by atoms with van der Waals surface area (Å²) in [5, 5.41) is 14.8. The number of aliphatic hydroxyl groups is 1. The number of hydrogen-bond donors (Lipinski definition) is 2. The number of rotatable bonds is 3. The Kier molecular flexibility index (Phi) is 4.39. The molecule has 1 unspecified atom stereocenters. The topological polar surface area (TPSA) is 62.5 Å². The molecule has 6 heteroatoms. The summed E-state index contributed by atoms with van der Waals surface area (Å²) >= 11 is 7.73. The van der Waals surface area contributed by atoms with Crippen LogP contribution in [0.15, 0.2) is 28.7 Å². The lowest BCUT2D eigenvalue weighted by Crippen LogP contribution is -2.49. The molecule has 2 aromatic rings. The van der Waals surface area contributed by atoms with Gasteiger partial charge in [0.15, 0.2) is 0 Å². The maximum absolute atomic E-state index is 12.3. The molecule has 0 saturated carbocycles. The van der Waals surface area contributed by atoms with E-state index in [1.54, 1.807) is 17.8 Å². The van der Waals surface area contributed by atoms with Crippen molar-refractivity contribution in [3.05, 3.63) is 35.0 Å². The van der Waals surface area contributed by atoms with Crippen LogP contribution in [-0.4, -0.2) is 28.1 Å². The highest BCUT2D eigenvalue weighted by Gasteiger charge is 2.38. The van der Waals surface area contributed by atoms with Gasteiger partial charge in [-0.15, -0.1) is 0 Å². The smallest absolute Gasteiger partial charge is 0.252 e. The minimum Gasteiger partial charge on any atom is -0.459 e. The summed E-state index contributed by atoms with van der Waals surface area (Å²) in [5.41, 5.74) is -0.525. The predicted octanol–water partition coefficient (Wildman–Crippen LogP) is 3.52. The fourth-order valence-corrected chi connectivity index (χ4v) is 3.94. The number of furan rings is 1. The van der Waals surface area contributed by atoms with Crippen LogP contribution in [0.4, 0.5) is 0 Å². The molecule has 2 heterocycles. The highest BCUT2D eigenvalue weighted by molar-refractivity contribution is 7.99. The van der Waals surface area contributed by atoms with Gasteiger partial charge in [0.2, 0.25) is 0 Å². The molecule has 1 aromatic heterocycles. The molecule has 0 spiro atoms. The molecule has 0 radical (unpaired) electrons. The molecular formula is C16H18ClNO3S. The first kappa shape index (κ1) is 15.7. The summed E-state index contributed by atoms with van der Waals surface area (Å²) in [6.07, 6.45) is 0.984. The summed E-state index contributed by atoms with van der Waals surface area (Å²) in [7, 11) is 0. The first-order valence-corrected chi connectivity index (χ1v) is 8.81. The number of hydrogen-bond acceptors (Lipinski definition) is 4. The van der Waals surface area contributed by atoms with Crippen LogP contribution in [-0.2, 0) is 4.79 Å². The molecule has 2 N–H and O–H groups in total. The van der Waals surface area contributed by atoms with Gasteiger partial charge in [-0.1, -0.05) is 11.6 Å². The van der Waals surface area contributed by atoms with Gasteiger partial charge in [-0.25, -0.2) is 0 Å². The van der Waals surface area contributed by atoms with Crippen molar-refractivity contribution in [1.29, 1.82) is 0 Å². The van der Waals surface area contributed by atoms with Crippen LogP contribution >= 0.6 is 23.4 Å². The van der Waals surface area contributed by atoms with E-state index >= 15 is 0 Å². The molecule has 0 bridgehead atoms. The van der Waals surface area contributed by atoms with E-state index in [1.807, 2.05) is 25.1 Å². The molecule has 1 aromatic carbocycles. The van der Waals surface area contributed by atoms with Crippen molar-refractivity contribution in [1.82, 2.24) is 5.32 Å². The van der Waals surface area contributed by atoms with Gasteiger partial charge in [-0.3, -0.25) is 4.79 Å². The number of carbonyl (C=O) groups is 1. The Bertz CT molecular complexity index is 694. The van der Waals surface area contributed by atoms with Crippen LogP contribution in [0.2, 0.25) is 5.02 Å². The second-order valence-electron chi connectivity index (χ2n) is 5.67. The first-order chi connectivity index (χ1) is 10.5. The van der Waals surface area contributed by atoms with Gasteiger partial charge in [-0.2, -0.15) is 11.8 Å². The summed E-state index contributed by atoms with van der Waals surface area (Å²) in [6.45, 7) is 1.85. The van der Waals surface area contributed by atoms with Crippen molar-refractivity contribution in [3.63, 3.8) is 0 Å². The predicted molar refractivity (Wildman–Crippen MR) is 89.3 cm³/mol. The zero-order valence-electron chi connectivity index (χ0n) is 12.3. The number of thioether (sulfide) groups is 1. The molecule has 22 heavy (non-hydrogen) atoms. The van der Waals surface area contributed by atoms with Crippen molar-refractivity contribution in [3.8, 4) is 0 Å². The van der Waals surface area contributed by atoms with Gasteiger partial charge in [-0.05, 0) is 55.5 Å². The molecule has 1 fully saturated rings. The Hall–Kier alpha value is -1.17. The van der Waals surface area contributed by atoms with Gasteiger partial charge < -0.3 is 14.8 Å². The van der Waals surface area contributed by atoms with Crippen molar-refractivity contribution >= 4 is 40.2 Å². The fourth-order valence-electron chi connectivity index (χ4n) is 2.59. The average molecular weight is 340 g/mol. The maximum Gasteiger partial charge on any atom is 0.252 e. The van der Waals surface area contributed by atoms with Gasteiger partial charge in [0.05, 0.1) is 6.04 Å². The lowest BCUT2D eigenvalue weighted by atomic mass is 9.95. The van der Waals surface area contributed by atoms with Gasteiger partial charge in [0.25, 0.3) is 5.91 Å². The number of fused-ring (bicyclic) bond motifs is 1. The third-order valence-electron chi connectivity index (χ3n) is 4.01. The van der Waals surface area contributed by atoms with E-state index in [9.17, 15) is 9.90 Å². The van der Waals surface area contributed by atoms with Gasteiger partial charge in [0, 0.05) is 10.4 Å². The standard InChI is InChI=1S/C16H18ClNO3S/c1-10(18-15(19)16(20)4-6-22-7-5-16)14-9-11-8-12(17)2-3-13(11)21-14/h2-3,8-10,20H,4-7H2,1H3,(H,18,19). The van der Waals surface area contributed by atoms with Gasteiger partial charge >= 0.3 is 0 Å². The van der Waals surface area contributed by atoms with Gasteiger partial charge in [0.1, 0.15) is 16.9 Å². The molecule has 118 valence electrons. The number of carbonyl (C=O) groups excluding carboxylic acids is 1. The number of nitrogens with one attached hydrogen (secondary N) is 1. The third kappa shape index (κ3) is 3.12. The lowest BCUT2D eigenvalue weighted by molar-refractivity contribution is -0.141. The zero-order valence-corrected chi connectivity index (χ0v) is 13.8. The monoisotopic (exact) mass is 339 g/mol. The maximum atomic E-state index is 12.3. The highest BCUT2D eigenvalue weighted by Crippen LogP contribution is 2.29. The van der Waals surface area contributed by atoms with E-state index < -0.39 is 5.60 Å². The van der Waals surface area contributed by atoms with E-state index in [1.165, 1.54) is 0 Å². The van der Waals surface area contributed by atoms with Crippen LogP contribution < -0.4 is 5.32 Å². The molecule has 1 aliphatic heterocycles. The van der Waals surface area contributed by atoms with Crippen LogP contribution in [0.3, 0.4) is 0 Å².